The molecule has 7 nitrogen and oxygen atoms in total. The van der Waals surface area contributed by atoms with Crippen LogP contribution in [-0.4, -0.2) is 29.5 Å². The highest BCUT2D eigenvalue weighted by molar-refractivity contribution is 5.98. The van der Waals surface area contributed by atoms with Crippen LogP contribution in [0.25, 0.3) is 0 Å². The van der Waals surface area contributed by atoms with Crippen molar-refractivity contribution in [3.05, 3.63) is 89.6 Å². The molecule has 2 aromatic carbocycles. The van der Waals surface area contributed by atoms with E-state index in [1.165, 1.54) is 0 Å². The number of hydrogen-bond acceptors (Lipinski definition) is 4. The van der Waals surface area contributed by atoms with Gasteiger partial charge in [-0.25, -0.2) is 5.48 Å². The first-order valence-electron chi connectivity index (χ1n) is 13.3. The Morgan fingerprint density at radius 1 is 1.08 bits per heavy atom. The Hall–Kier alpha value is -3.71. The van der Waals surface area contributed by atoms with E-state index in [2.05, 4.69) is 11.4 Å². The van der Waals surface area contributed by atoms with E-state index in [0.29, 0.717) is 12.1 Å². The molecule has 2 atom stereocenters. The summed E-state index contributed by atoms with van der Waals surface area (Å²) in [6.45, 7) is 6.55. The van der Waals surface area contributed by atoms with E-state index >= 15 is 0 Å². The second kappa shape index (κ2) is 13.7. The zero-order valence-corrected chi connectivity index (χ0v) is 22.6. The Bertz CT molecular complexity index is 1160. The number of rotatable bonds is 12. The van der Waals surface area contributed by atoms with Crippen molar-refractivity contribution in [2.75, 3.05) is 11.4 Å². The van der Waals surface area contributed by atoms with Crippen LogP contribution in [0.15, 0.2) is 78.5 Å². The van der Waals surface area contributed by atoms with E-state index < -0.39 is 5.91 Å². The Morgan fingerprint density at radius 2 is 1.79 bits per heavy atom. The molecule has 0 spiro atoms. The number of carbonyl (C=O) groups is 3. The lowest BCUT2D eigenvalue weighted by molar-refractivity contribution is -0.131. The van der Waals surface area contributed by atoms with Crippen molar-refractivity contribution in [2.45, 2.75) is 59.3 Å². The van der Waals surface area contributed by atoms with Gasteiger partial charge in [0.25, 0.3) is 5.91 Å². The third-order valence-corrected chi connectivity index (χ3v) is 7.13. The van der Waals surface area contributed by atoms with Crippen molar-refractivity contribution in [3.63, 3.8) is 0 Å². The quantitative estimate of drug-likeness (QED) is 0.253. The van der Waals surface area contributed by atoms with Gasteiger partial charge in [0.05, 0.1) is 6.42 Å². The fourth-order valence-corrected chi connectivity index (χ4v) is 4.90. The van der Waals surface area contributed by atoms with Crippen LogP contribution >= 0.6 is 0 Å². The maximum Gasteiger partial charge on any atom is 0.251 e. The molecular formula is C31H39N3O4. The van der Waals surface area contributed by atoms with Crippen LogP contribution in [0.1, 0.15) is 68.8 Å². The van der Waals surface area contributed by atoms with Gasteiger partial charge >= 0.3 is 0 Å². The molecule has 0 aliphatic heterocycles. The standard InChI is InChI=1S/C31H39N3O4/c1-4-31(3,21-28(35)33-38)20-23(2)22-32-30(37)25-17-15-24(16-18-25)19-29(36)34(26-11-7-5-8-12-26)27-13-9-6-10-14-27/h5-9,11-13,15-18,23,38H,4,10,14,19-22H2,1-3H3,(H,32,37)(H,33,35). The van der Waals surface area contributed by atoms with Crippen molar-refractivity contribution in [3.8, 4) is 0 Å². The third kappa shape index (κ3) is 8.15. The number of carbonyl (C=O) groups excluding carboxylic acids is 3. The molecule has 202 valence electrons. The molecule has 3 amide bonds. The summed E-state index contributed by atoms with van der Waals surface area (Å²) >= 11 is 0. The lowest BCUT2D eigenvalue weighted by atomic mass is 9.76. The van der Waals surface area contributed by atoms with E-state index in [9.17, 15) is 14.4 Å². The first-order valence-corrected chi connectivity index (χ1v) is 13.3. The summed E-state index contributed by atoms with van der Waals surface area (Å²) in [5, 5.41) is 11.8. The lowest BCUT2D eigenvalue weighted by Gasteiger charge is -2.30. The first-order chi connectivity index (χ1) is 18.2. The molecule has 0 heterocycles. The molecular weight excluding hydrogens is 478 g/mol. The second-order valence-electron chi connectivity index (χ2n) is 10.5. The van der Waals surface area contributed by atoms with Gasteiger partial charge in [-0.05, 0) is 66.5 Å². The summed E-state index contributed by atoms with van der Waals surface area (Å²) in [4.78, 5) is 39.6. The van der Waals surface area contributed by atoms with Gasteiger partial charge in [0.15, 0.2) is 0 Å². The highest BCUT2D eigenvalue weighted by atomic mass is 16.5. The number of para-hydroxylation sites is 1. The average molecular weight is 518 g/mol. The number of hydroxylamine groups is 1. The van der Waals surface area contributed by atoms with Crippen molar-refractivity contribution in [2.24, 2.45) is 11.3 Å². The Morgan fingerprint density at radius 3 is 2.39 bits per heavy atom. The van der Waals surface area contributed by atoms with Gasteiger partial charge in [-0.3, -0.25) is 24.5 Å². The minimum Gasteiger partial charge on any atom is -0.352 e. The molecule has 0 bridgehead atoms. The molecule has 2 unspecified atom stereocenters. The Balaban J connectivity index is 1.59. The van der Waals surface area contributed by atoms with Crippen molar-refractivity contribution in [1.29, 1.82) is 0 Å². The van der Waals surface area contributed by atoms with Gasteiger partial charge in [-0.1, -0.05) is 69.7 Å². The third-order valence-electron chi connectivity index (χ3n) is 7.13. The summed E-state index contributed by atoms with van der Waals surface area (Å²) in [6, 6.07) is 16.8. The van der Waals surface area contributed by atoms with Gasteiger partial charge in [0.1, 0.15) is 0 Å². The number of amides is 3. The number of hydrogen-bond donors (Lipinski definition) is 3. The highest BCUT2D eigenvalue weighted by Gasteiger charge is 2.28. The fourth-order valence-electron chi connectivity index (χ4n) is 4.90. The minimum atomic E-state index is -0.400. The van der Waals surface area contributed by atoms with Gasteiger partial charge in [-0.15, -0.1) is 0 Å². The van der Waals surface area contributed by atoms with E-state index in [-0.39, 0.29) is 36.0 Å². The number of benzene rings is 2. The second-order valence-corrected chi connectivity index (χ2v) is 10.5. The summed E-state index contributed by atoms with van der Waals surface area (Å²) in [6.07, 6.45) is 9.77. The Kier molecular flexibility index (Phi) is 10.4. The Labute approximate surface area is 225 Å². The smallest absolute Gasteiger partial charge is 0.251 e. The zero-order chi connectivity index (χ0) is 27.5. The fraction of sp³-hybridized carbons (Fsp3) is 0.387. The topological polar surface area (TPSA) is 98.7 Å². The van der Waals surface area contributed by atoms with E-state index in [1.54, 1.807) is 22.5 Å². The van der Waals surface area contributed by atoms with Crippen LogP contribution in [0.5, 0.6) is 0 Å². The van der Waals surface area contributed by atoms with Crippen LogP contribution < -0.4 is 15.7 Å². The maximum atomic E-state index is 13.4. The van der Waals surface area contributed by atoms with Crippen molar-refractivity contribution in [1.82, 2.24) is 10.8 Å². The predicted molar refractivity (Wildman–Crippen MR) is 150 cm³/mol. The first kappa shape index (κ1) is 28.9. The number of allylic oxidation sites excluding steroid dienone is 4. The molecule has 0 saturated heterocycles. The number of nitrogens with zero attached hydrogens (tertiary/aromatic N) is 1. The molecule has 0 aromatic heterocycles. The molecule has 1 aliphatic rings. The molecule has 38 heavy (non-hydrogen) atoms. The summed E-state index contributed by atoms with van der Waals surface area (Å²) in [5.41, 5.74) is 4.65. The average Bonchev–Trinajstić information content (AvgIpc) is 2.93. The van der Waals surface area contributed by atoms with Crippen LogP contribution in [-0.2, 0) is 16.0 Å². The maximum absolute atomic E-state index is 13.4. The van der Waals surface area contributed by atoms with Crippen LogP contribution in [0, 0.1) is 11.3 Å². The zero-order valence-electron chi connectivity index (χ0n) is 22.6. The number of anilines is 1. The van der Waals surface area contributed by atoms with Crippen LogP contribution in [0.4, 0.5) is 5.69 Å². The molecule has 7 heteroatoms. The normalized spacial score (nSPS) is 15.1. The van der Waals surface area contributed by atoms with Crippen LogP contribution in [0.3, 0.4) is 0 Å². The lowest BCUT2D eigenvalue weighted by Crippen LogP contribution is -2.33. The molecule has 3 N–H and O–H groups in total. The van der Waals surface area contributed by atoms with E-state index in [1.807, 2.05) is 75.4 Å². The van der Waals surface area contributed by atoms with E-state index in [0.717, 1.165) is 42.6 Å². The molecule has 1 aliphatic carbocycles. The summed E-state index contributed by atoms with van der Waals surface area (Å²) < 4.78 is 0. The SMILES string of the molecule is CCC(C)(CC(=O)NO)CC(C)CNC(=O)c1ccc(CC(=O)N(C2=CC=CCC2)c2ccccc2)cc1. The molecule has 0 radical (unpaired) electrons. The number of nitrogens with one attached hydrogen (secondary N) is 2. The van der Waals surface area contributed by atoms with Gasteiger partial charge in [0, 0.05) is 29.9 Å². The van der Waals surface area contributed by atoms with Crippen molar-refractivity contribution < 1.29 is 19.6 Å². The molecule has 3 rings (SSSR count). The predicted octanol–water partition coefficient (Wildman–Crippen LogP) is 5.56. The largest absolute Gasteiger partial charge is 0.352 e. The van der Waals surface area contributed by atoms with Crippen LogP contribution in [0.2, 0.25) is 0 Å². The van der Waals surface area contributed by atoms with Gasteiger partial charge < -0.3 is 5.32 Å². The van der Waals surface area contributed by atoms with Gasteiger partial charge in [-0.2, -0.15) is 0 Å². The molecule has 2 aromatic rings. The van der Waals surface area contributed by atoms with Crippen molar-refractivity contribution >= 4 is 23.4 Å². The van der Waals surface area contributed by atoms with Gasteiger partial charge in [0.2, 0.25) is 11.8 Å². The monoisotopic (exact) mass is 517 g/mol. The summed E-state index contributed by atoms with van der Waals surface area (Å²) in [7, 11) is 0. The highest BCUT2D eigenvalue weighted by Crippen LogP contribution is 2.33. The van der Waals surface area contributed by atoms with E-state index in [4.69, 9.17) is 5.21 Å². The minimum absolute atomic E-state index is 0.0161. The molecule has 0 saturated carbocycles. The molecule has 0 fully saturated rings. The summed E-state index contributed by atoms with van der Waals surface area (Å²) in [5.74, 6) is -0.438.